The van der Waals surface area contributed by atoms with E-state index in [1.807, 2.05) is 4.90 Å². The first kappa shape index (κ1) is 12.9. The van der Waals surface area contributed by atoms with Crippen LogP contribution in [0, 0.1) is 5.82 Å². The smallest absolute Gasteiger partial charge is 0.256 e. The predicted molar refractivity (Wildman–Crippen MR) is 70.3 cm³/mol. The molecule has 1 amide bonds. The van der Waals surface area contributed by atoms with Gasteiger partial charge in [0, 0.05) is 19.6 Å². The summed E-state index contributed by atoms with van der Waals surface area (Å²) in [6.45, 7) is 2.86. The van der Waals surface area contributed by atoms with Gasteiger partial charge in [0.05, 0.1) is 11.3 Å². The van der Waals surface area contributed by atoms with Gasteiger partial charge in [-0.05, 0) is 31.4 Å². The zero-order valence-corrected chi connectivity index (χ0v) is 10.9. The number of hydrogen-bond acceptors (Lipinski definition) is 2. The maximum Gasteiger partial charge on any atom is 0.256 e. The van der Waals surface area contributed by atoms with E-state index in [1.165, 1.54) is 6.07 Å². The Hall–Kier alpha value is -1.58. The molecular formula is C14H19FN2O. The van der Waals surface area contributed by atoms with Crippen LogP contribution in [0.1, 0.15) is 36.5 Å². The van der Waals surface area contributed by atoms with Gasteiger partial charge < -0.3 is 10.2 Å². The van der Waals surface area contributed by atoms with Crippen molar-refractivity contribution in [2.75, 3.05) is 18.9 Å². The quantitative estimate of drug-likeness (QED) is 0.894. The summed E-state index contributed by atoms with van der Waals surface area (Å²) in [7, 11) is 1.64. The van der Waals surface area contributed by atoms with Gasteiger partial charge in [0.2, 0.25) is 0 Å². The average Bonchev–Trinajstić information content (AvgIpc) is 2.85. The fourth-order valence-electron chi connectivity index (χ4n) is 2.64. The average molecular weight is 250 g/mol. The zero-order valence-electron chi connectivity index (χ0n) is 10.9. The molecule has 2 rings (SSSR count). The molecule has 0 radical (unpaired) electrons. The number of hydrogen-bond donors (Lipinski definition) is 1. The number of benzene rings is 1. The second-order valence-corrected chi connectivity index (χ2v) is 4.62. The molecule has 0 aromatic heterocycles. The predicted octanol–water partition coefficient (Wildman–Crippen LogP) is 2.88. The van der Waals surface area contributed by atoms with E-state index in [1.54, 1.807) is 19.2 Å². The highest BCUT2D eigenvalue weighted by Gasteiger charge is 2.29. The molecule has 0 saturated carbocycles. The van der Waals surface area contributed by atoms with Gasteiger partial charge in [-0.1, -0.05) is 13.0 Å². The Bertz CT molecular complexity index is 447. The third kappa shape index (κ3) is 2.19. The summed E-state index contributed by atoms with van der Waals surface area (Å²) in [5.74, 6) is -0.446. The van der Waals surface area contributed by atoms with E-state index in [2.05, 4.69) is 12.2 Å². The molecule has 0 spiro atoms. The second kappa shape index (κ2) is 5.38. The molecule has 1 aromatic carbocycles. The molecule has 1 aliphatic heterocycles. The van der Waals surface area contributed by atoms with E-state index in [0.717, 1.165) is 25.8 Å². The number of para-hydroxylation sites is 1. The monoisotopic (exact) mass is 250 g/mol. The van der Waals surface area contributed by atoms with Crippen LogP contribution in [0.25, 0.3) is 0 Å². The summed E-state index contributed by atoms with van der Waals surface area (Å²) >= 11 is 0. The van der Waals surface area contributed by atoms with E-state index in [-0.39, 0.29) is 11.7 Å². The number of carbonyl (C=O) groups is 1. The molecule has 1 heterocycles. The topological polar surface area (TPSA) is 32.3 Å². The van der Waals surface area contributed by atoms with Gasteiger partial charge in [-0.2, -0.15) is 0 Å². The Morgan fingerprint density at radius 1 is 1.56 bits per heavy atom. The van der Waals surface area contributed by atoms with Gasteiger partial charge in [-0.3, -0.25) is 4.79 Å². The van der Waals surface area contributed by atoms with Gasteiger partial charge >= 0.3 is 0 Å². The maximum atomic E-state index is 13.6. The first-order chi connectivity index (χ1) is 8.69. The molecule has 1 aromatic rings. The van der Waals surface area contributed by atoms with Crippen molar-refractivity contribution in [2.24, 2.45) is 0 Å². The van der Waals surface area contributed by atoms with Crippen LogP contribution in [-0.4, -0.2) is 30.4 Å². The summed E-state index contributed by atoms with van der Waals surface area (Å²) < 4.78 is 13.6. The number of anilines is 1. The highest BCUT2D eigenvalue weighted by atomic mass is 19.1. The van der Waals surface area contributed by atoms with Crippen molar-refractivity contribution in [1.82, 2.24) is 4.90 Å². The van der Waals surface area contributed by atoms with Crippen LogP contribution < -0.4 is 5.32 Å². The number of rotatable bonds is 3. The lowest BCUT2D eigenvalue weighted by atomic mass is 10.1. The first-order valence-electron chi connectivity index (χ1n) is 6.46. The second-order valence-electron chi connectivity index (χ2n) is 4.62. The van der Waals surface area contributed by atoms with Crippen molar-refractivity contribution in [1.29, 1.82) is 0 Å². The molecule has 1 atom stereocenters. The van der Waals surface area contributed by atoms with Crippen LogP contribution in [0.5, 0.6) is 0 Å². The number of likely N-dealkylation sites (tertiary alicyclic amines) is 1. The first-order valence-corrected chi connectivity index (χ1v) is 6.46. The van der Waals surface area contributed by atoms with E-state index in [4.69, 9.17) is 0 Å². The van der Waals surface area contributed by atoms with Crippen LogP contribution in [0.4, 0.5) is 10.1 Å². The molecule has 1 N–H and O–H groups in total. The van der Waals surface area contributed by atoms with Crippen LogP contribution in [-0.2, 0) is 0 Å². The normalized spacial score (nSPS) is 19.1. The number of amides is 1. The molecule has 0 bridgehead atoms. The summed E-state index contributed by atoms with van der Waals surface area (Å²) in [6.07, 6.45) is 3.04. The standard InChI is InChI=1S/C14H19FN2O/c1-3-10-6-5-9-17(10)14(18)11-7-4-8-12(15)13(11)16-2/h4,7-8,10,16H,3,5-6,9H2,1-2H3. The van der Waals surface area contributed by atoms with Crippen molar-refractivity contribution in [3.63, 3.8) is 0 Å². The minimum absolute atomic E-state index is 0.0665. The van der Waals surface area contributed by atoms with Crippen molar-refractivity contribution in [3.8, 4) is 0 Å². The lowest BCUT2D eigenvalue weighted by Gasteiger charge is -2.24. The Labute approximate surface area is 107 Å². The minimum Gasteiger partial charge on any atom is -0.385 e. The van der Waals surface area contributed by atoms with Crippen LogP contribution in [0.15, 0.2) is 18.2 Å². The highest BCUT2D eigenvalue weighted by molar-refractivity contribution is 6.00. The number of nitrogens with zero attached hydrogens (tertiary/aromatic N) is 1. The van der Waals surface area contributed by atoms with Gasteiger partial charge in [0.25, 0.3) is 5.91 Å². The van der Waals surface area contributed by atoms with Crippen molar-refractivity contribution < 1.29 is 9.18 Å². The number of nitrogens with one attached hydrogen (secondary N) is 1. The largest absolute Gasteiger partial charge is 0.385 e. The van der Waals surface area contributed by atoms with E-state index in [0.29, 0.717) is 17.3 Å². The Morgan fingerprint density at radius 3 is 3.00 bits per heavy atom. The van der Waals surface area contributed by atoms with Crippen molar-refractivity contribution in [3.05, 3.63) is 29.6 Å². The van der Waals surface area contributed by atoms with Crippen LogP contribution >= 0.6 is 0 Å². The molecule has 18 heavy (non-hydrogen) atoms. The fourth-order valence-corrected chi connectivity index (χ4v) is 2.64. The Kier molecular flexibility index (Phi) is 3.84. The fraction of sp³-hybridized carbons (Fsp3) is 0.500. The summed E-state index contributed by atoms with van der Waals surface area (Å²) in [6, 6.07) is 4.93. The van der Waals surface area contributed by atoms with E-state index in [9.17, 15) is 9.18 Å². The molecule has 1 saturated heterocycles. The number of halogens is 1. The SMILES string of the molecule is CCC1CCCN1C(=O)c1cccc(F)c1NC. The number of carbonyl (C=O) groups excluding carboxylic acids is 1. The van der Waals surface area contributed by atoms with Crippen LogP contribution in [0.2, 0.25) is 0 Å². The summed E-state index contributed by atoms with van der Waals surface area (Å²) in [5.41, 5.74) is 0.724. The van der Waals surface area contributed by atoms with E-state index >= 15 is 0 Å². The van der Waals surface area contributed by atoms with Crippen molar-refractivity contribution >= 4 is 11.6 Å². The van der Waals surface area contributed by atoms with Gasteiger partial charge in [-0.25, -0.2) is 4.39 Å². The molecule has 1 fully saturated rings. The molecule has 98 valence electrons. The zero-order chi connectivity index (χ0) is 13.1. The lowest BCUT2D eigenvalue weighted by molar-refractivity contribution is 0.0734. The molecule has 1 aliphatic rings. The third-order valence-electron chi connectivity index (χ3n) is 3.60. The third-order valence-corrected chi connectivity index (χ3v) is 3.60. The Balaban J connectivity index is 2.31. The van der Waals surface area contributed by atoms with Gasteiger partial charge in [-0.15, -0.1) is 0 Å². The summed E-state index contributed by atoms with van der Waals surface area (Å²) in [5, 5.41) is 2.78. The molecular weight excluding hydrogens is 231 g/mol. The summed E-state index contributed by atoms with van der Waals surface area (Å²) in [4.78, 5) is 14.3. The minimum atomic E-state index is -0.379. The molecule has 4 heteroatoms. The van der Waals surface area contributed by atoms with E-state index < -0.39 is 0 Å². The van der Waals surface area contributed by atoms with Crippen molar-refractivity contribution in [2.45, 2.75) is 32.2 Å². The van der Waals surface area contributed by atoms with Crippen LogP contribution in [0.3, 0.4) is 0 Å². The molecule has 0 aliphatic carbocycles. The molecule has 3 nitrogen and oxygen atoms in total. The molecule has 1 unspecified atom stereocenters. The maximum absolute atomic E-state index is 13.6. The Morgan fingerprint density at radius 2 is 2.33 bits per heavy atom. The van der Waals surface area contributed by atoms with Gasteiger partial charge in [0.15, 0.2) is 0 Å². The lowest BCUT2D eigenvalue weighted by Crippen LogP contribution is -2.35. The highest BCUT2D eigenvalue weighted by Crippen LogP contribution is 2.26. The van der Waals surface area contributed by atoms with Gasteiger partial charge in [0.1, 0.15) is 5.82 Å².